The van der Waals surface area contributed by atoms with Crippen LogP contribution in [0.2, 0.25) is 0 Å². The van der Waals surface area contributed by atoms with E-state index >= 15 is 0 Å². The summed E-state index contributed by atoms with van der Waals surface area (Å²) in [5, 5.41) is 2.67. The van der Waals surface area contributed by atoms with Crippen LogP contribution in [0.25, 0.3) is 0 Å². The fourth-order valence-electron chi connectivity index (χ4n) is 1.08. The molecule has 0 spiro atoms. The molecule has 0 saturated carbocycles. The van der Waals surface area contributed by atoms with E-state index in [1.807, 2.05) is 6.92 Å². The van der Waals surface area contributed by atoms with Gasteiger partial charge in [-0.25, -0.2) is 4.21 Å². The molecule has 5 heteroatoms. The molecule has 1 unspecified atom stereocenters. The van der Waals surface area contributed by atoms with Gasteiger partial charge in [-0.3, -0.25) is 4.79 Å². The van der Waals surface area contributed by atoms with E-state index in [9.17, 15) is 9.00 Å². The van der Waals surface area contributed by atoms with Crippen molar-refractivity contribution in [3.05, 3.63) is 23.8 Å². The summed E-state index contributed by atoms with van der Waals surface area (Å²) in [7, 11) is 0. The quantitative estimate of drug-likeness (QED) is 0.775. The minimum atomic E-state index is -2.02. The van der Waals surface area contributed by atoms with Crippen molar-refractivity contribution in [1.82, 2.24) is 0 Å². The third kappa shape index (κ3) is 3.14. The number of nitrogens with one attached hydrogen (secondary N) is 1. The van der Waals surface area contributed by atoms with Gasteiger partial charge in [-0.15, -0.1) is 0 Å². The van der Waals surface area contributed by atoms with Crippen molar-refractivity contribution in [2.45, 2.75) is 25.2 Å². The van der Waals surface area contributed by atoms with Gasteiger partial charge in [0.2, 0.25) is 5.91 Å². The van der Waals surface area contributed by atoms with Gasteiger partial charge in [-0.05, 0) is 24.6 Å². The topological polar surface area (TPSA) is 66.4 Å². The van der Waals surface area contributed by atoms with E-state index in [0.717, 1.165) is 5.56 Å². The Bertz CT molecular complexity index is 404. The van der Waals surface area contributed by atoms with Gasteiger partial charge in [-0.1, -0.05) is 13.0 Å². The Morgan fingerprint density at radius 1 is 1.53 bits per heavy atom. The van der Waals surface area contributed by atoms with Gasteiger partial charge in [0.1, 0.15) is 0 Å². The molecule has 1 rings (SSSR count). The van der Waals surface area contributed by atoms with Crippen molar-refractivity contribution in [3.63, 3.8) is 0 Å². The summed E-state index contributed by atoms with van der Waals surface area (Å²) >= 11 is -2.02. The van der Waals surface area contributed by atoms with Gasteiger partial charge in [0.15, 0.2) is 11.1 Å². The molecule has 2 N–H and O–H groups in total. The number of amides is 1. The molecule has 82 valence electrons. The maximum atomic E-state index is 11.2. The highest BCUT2D eigenvalue weighted by Crippen LogP contribution is 2.18. The third-order valence-electron chi connectivity index (χ3n) is 2.01. The van der Waals surface area contributed by atoms with Crippen LogP contribution in [0, 0.1) is 6.92 Å². The molecule has 1 aromatic rings. The van der Waals surface area contributed by atoms with Crippen molar-refractivity contribution in [3.8, 4) is 0 Å². The first kappa shape index (κ1) is 11.9. The van der Waals surface area contributed by atoms with Crippen molar-refractivity contribution in [2.24, 2.45) is 0 Å². The number of carbonyl (C=O) groups is 1. The predicted octanol–water partition coefficient (Wildman–Crippen LogP) is 1.92. The Morgan fingerprint density at radius 2 is 2.20 bits per heavy atom. The van der Waals surface area contributed by atoms with Crippen LogP contribution in [0.4, 0.5) is 5.69 Å². The molecule has 0 saturated heterocycles. The van der Waals surface area contributed by atoms with Crippen LogP contribution in [0.1, 0.15) is 18.9 Å². The summed E-state index contributed by atoms with van der Waals surface area (Å²) in [4.78, 5) is 11.4. The molecule has 4 nitrogen and oxygen atoms in total. The Balaban J connectivity index is 3.00. The number of aryl methyl sites for hydroxylation is 1. The molecule has 0 fully saturated rings. The molecule has 0 aliphatic rings. The second kappa shape index (κ2) is 5.04. The van der Waals surface area contributed by atoms with Crippen LogP contribution >= 0.6 is 0 Å². The molecular formula is C10H13NO3S. The van der Waals surface area contributed by atoms with Crippen LogP contribution in [0.5, 0.6) is 0 Å². The second-order valence-electron chi connectivity index (χ2n) is 3.13. The van der Waals surface area contributed by atoms with Gasteiger partial charge in [0.25, 0.3) is 0 Å². The molecular weight excluding hydrogens is 214 g/mol. The lowest BCUT2D eigenvalue weighted by molar-refractivity contribution is -0.115. The van der Waals surface area contributed by atoms with Gasteiger partial charge in [-0.2, -0.15) is 0 Å². The lowest BCUT2D eigenvalue weighted by atomic mass is 10.2. The molecule has 0 heterocycles. The van der Waals surface area contributed by atoms with Gasteiger partial charge in [0.05, 0.1) is 4.90 Å². The zero-order valence-corrected chi connectivity index (χ0v) is 9.43. The largest absolute Gasteiger partial charge is 0.326 e. The number of rotatable bonds is 3. The SMILES string of the molecule is CCC(=O)Nc1cc(S(=O)O)ccc1C. The minimum absolute atomic E-state index is 0.112. The molecule has 0 aliphatic carbocycles. The number of benzene rings is 1. The molecule has 0 aromatic heterocycles. The summed E-state index contributed by atoms with van der Waals surface area (Å²) < 4.78 is 19.7. The van der Waals surface area contributed by atoms with Gasteiger partial charge >= 0.3 is 0 Å². The van der Waals surface area contributed by atoms with E-state index in [-0.39, 0.29) is 10.8 Å². The lowest BCUT2D eigenvalue weighted by Gasteiger charge is -2.08. The molecule has 0 radical (unpaired) electrons. The fourth-order valence-corrected chi connectivity index (χ4v) is 1.49. The Morgan fingerprint density at radius 3 is 2.73 bits per heavy atom. The Hall–Kier alpha value is -1.20. The van der Waals surface area contributed by atoms with E-state index in [4.69, 9.17) is 4.55 Å². The summed E-state index contributed by atoms with van der Waals surface area (Å²) in [6.07, 6.45) is 0.381. The van der Waals surface area contributed by atoms with Gasteiger partial charge < -0.3 is 9.87 Å². The van der Waals surface area contributed by atoms with Crippen LogP contribution < -0.4 is 5.32 Å². The van der Waals surface area contributed by atoms with E-state index in [0.29, 0.717) is 12.1 Å². The van der Waals surface area contributed by atoms with E-state index in [2.05, 4.69) is 5.32 Å². The highest BCUT2D eigenvalue weighted by atomic mass is 32.2. The lowest BCUT2D eigenvalue weighted by Crippen LogP contribution is -2.10. The smallest absolute Gasteiger partial charge is 0.224 e. The maximum Gasteiger partial charge on any atom is 0.224 e. The fraction of sp³-hybridized carbons (Fsp3) is 0.300. The summed E-state index contributed by atoms with van der Waals surface area (Å²) in [5.41, 5.74) is 1.45. The maximum absolute atomic E-state index is 11.2. The first-order chi connectivity index (χ1) is 7.04. The van der Waals surface area contributed by atoms with Gasteiger partial charge in [0, 0.05) is 12.1 Å². The minimum Gasteiger partial charge on any atom is -0.326 e. The monoisotopic (exact) mass is 227 g/mol. The number of hydrogen-bond acceptors (Lipinski definition) is 2. The standard InChI is InChI=1S/C10H13NO3S/c1-3-10(12)11-9-6-8(15(13)14)5-4-7(9)2/h4-6H,3H2,1-2H3,(H,11,12)(H,13,14). The molecule has 1 aromatic carbocycles. The van der Waals surface area contributed by atoms with Crippen molar-refractivity contribution >= 4 is 22.7 Å². The molecule has 1 atom stereocenters. The normalized spacial score (nSPS) is 12.2. The predicted molar refractivity (Wildman–Crippen MR) is 59.1 cm³/mol. The second-order valence-corrected chi connectivity index (χ2v) is 4.10. The molecule has 1 amide bonds. The van der Waals surface area contributed by atoms with Crippen LogP contribution in [-0.2, 0) is 15.9 Å². The summed E-state index contributed by atoms with van der Waals surface area (Å²) in [5.74, 6) is -0.112. The zero-order chi connectivity index (χ0) is 11.4. The first-order valence-electron chi connectivity index (χ1n) is 4.56. The zero-order valence-electron chi connectivity index (χ0n) is 8.61. The molecule has 0 aliphatic heterocycles. The third-order valence-corrected chi connectivity index (χ3v) is 2.66. The van der Waals surface area contributed by atoms with E-state index in [1.165, 1.54) is 6.07 Å². The number of hydrogen-bond donors (Lipinski definition) is 2. The van der Waals surface area contributed by atoms with Crippen LogP contribution in [0.15, 0.2) is 23.1 Å². The summed E-state index contributed by atoms with van der Waals surface area (Å²) in [6, 6.07) is 4.78. The average molecular weight is 227 g/mol. The summed E-state index contributed by atoms with van der Waals surface area (Å²) in [6.45, 7) is 3.58. The van der Waals surface area contributed by atoms with Crippen LogP contribution in [-0.4, -0.2) is 14.7 Å². The van der Waals surface area contributed by atoms with E-state index < -0.39 is 11.1 Å². The van der Waals surface area contributed by atoms with Crippen molar-refractivity contribution < 1.29 is 13.6 Å². The highest BCUT2D eigenvalue weighted by Gasteiger charge is 2.06. The number of anilines is 1. The van der Waals surface area contributed by atoms with Crippen molar-refractivity contribution in [1.29, 1.82) is 0 Å². The molecule has 0 bridgehead atoms. The van der Waals surface area contributed by atoms with Crippen LogP contribution in [0.3, 0.4) is 0 Å². The first-order valence-corrected chi connectivity index (χ1v) is 5.66. The van der Waals surface area contributed by atoms with Crippen molar-refractivity contribution in [2.75, 3.05) is 5.32 Å². The highest BCUT2D eigenvalue weighted by molar-refractivity contribution is 7.79. The Labute approximate surface area is 91.0 Å². The Kier molecular flexibility index (Phi) is 3.99. The average Bonchev–Trinajstić information content (AvgIpc) is 2.20. The van der Waals surface area contributed by atoms with E-state index in [1.54, 1.807) is 19.1 Å². The molecule has 15 heavy (non-hydrogen) atoms. The number of carbonyl (C=O) groups excluding carboxylic acids is 1.